The summed E-state index contributed by atoms with van der Waals surface area (Å²) in [5, 5.41) is 2.62. The van der Waals surface area contributed by atoms with Crippen molar-refractivity contribution in [2.24, 2.45) is 0 Å². The number of nitrogens with one attached hydrogen (secondary N) is 1. The third-order valence-corrected chi connectivity index (χ3v) is 3.13. The van der Waals surface area contributed by atoms with E-state index in [9.17, 15) is 9.59 Å². The number of aryl methyl sites for hydroxylation is 1. The van der Waals surface area contributed by atoms with Gasteiger partial charge in [-0.25, -0.2) is 0 Å². The second-order valence-corrected chi connectivity index (χ2v) is 4.71. The summed E-state index contributed by atoms with van der Waals surface area (Å²) in [6, 6.07) is 16.5. The first-order valence-electron chi connectivity index (χ1n) is 6.86. The third-order valence-electron chi connectivity index (χ3n) is 3.13. The van der Waals surface area contributed by atoms with E-state index in [1.807, 2.05) is 44.2 Å². The van der Waals surface area contributed by atoms with Gasteiger partial charge in [-0.05, 0) is 38.1 Å². The zero-order chi connectivity index (χ0) is 15.2. The van der Waals surface area contributed by atoms with Crippen molar-refractivity contribution >= 4 is 23.2 Å². The van der Waals surface area contributed by atoms with E-state index in [0.29, 0.717) is 17.9 Å². The van der Waals surface area contributed by atoms with Gasteiger partial charge in [0, 0.05) is 17.9 Å². The average molecular weight is 282 g/mol. The van der Waals surface area contributed by atoms with Crippen LogP contribution in [-0.2, 0) is 9.59 Å². The quantitative estimate of drug-likeness (QED) is 0.880. The zero-order valence-corrected chi connectivity index (χ0v) is 12.2. The van der Waals surface area contributed by atoms with Crippen molar-refractivity contribution in [3.05, 3.63) is 60.2 Å². The van der Waals surface area contributed by atoms with E-state index < -0.39 is 11.8 Å². The molecule has 0 heterocycles. The number of nitrogens with zero attached hydrogens (tertiary/aromatic N) is 1. The molecule has 0 spiro atoms. The fourth-order valence-electron chi connectivity index (χ4n) is 2.00. The highest BCUT2D eigenvalue weighted by atomic mass is 16.2. The summed E-state index contributed by atoms with van der Waals surface area (Å²) in [6.07, 6.45) is 0. The molecule has 0 aromatic heterocycles. The lowest BCUT2D eigenvalue weighted by Crippen LogP contribution is -2.39. The van der Waals surface area contributed by atoms with Gasteiger partial charge in [0.25, 0.3) is 0 Å². The molecule has 1 N–H and O–H groups in total. The van der Waals surface area contributed by atoms with E-state index in [2.05, 4.69) is 5.32 Å². The molecule has 2 aromatic carbocycles. The summed E-state index contributed by atoms with van der Waals surface area (Å²) >= 11 is 0. The Balaban J connectivity index is 2.10. The maximum Gasteiger partial charge on any atom is 0.316 e. The van der Waals surface area contributed by atoms with Gasteiger partial charge in [0.2, 0.25) is 0 Å². The van der Waals surface area contributed by atoms with Gasteiger partial charge in [0.1, 0.15) is 0 Å². The van der Waals surface area contributed by atoms with Crippen molar-refractivity contribution in [2.75, 3.05) is 16.8 Å². The van der Waals surface area contributed by atoms with Gasteiger partial charge < -0.3 is 10.2 Å². The molecule has 0 aliphatic heterocycles. The Labute approximate surface area is 124 Å². The minimum atomic E-state index is -0.635. The Morgan fingerprint density at radius 2 is 1.62 bits per heavy atom. The monoisotopic (exact) mass is 282 g/mol. The molecule has 2 amide bonds. The van der Waals surface area contributed by atoms with Crippen molar-refractivity contribution in [1.82, 2.24) is 0 Å². The molecule has 2 aromatic rings. The summed E-state index contributed by atoms with van der Waals surface area (Å²) in [4.78, 5) is 25.8. The summed E-state index contributed by atoms with van der Waals surface area (Å²) in [7, 11) is 0. The number of hydrogen-bond acceptors (Lipinski definition) is 2. The molecule has 2 rings (SSSR count). The molecule has 4 nitrogen and oxygen atoms in total. The van der Waals surface area contributed by atoms with Crippen molar-refractivity contribution in [3.8, 4) is 0 Å². The molecule has 108 valence electrons. The lowest BCUT2D eigenvalue weighted by atomic mass is 10.2. The van der Waals surface area contributed by atoms with E-state index >= 15 is 0 Å². The highest BCUT2D eigenvalue weighted by Crippen LogP contribution is 2.14. The predicted molar refractivity (Wildman–Crippen MR) is 84.3 cm³/mol. The smallest absolute Gasteiger partial charge is 0.316 e. The van der Waals surface area contributed by atoms with E-state index in [0.717, 1.165) is 5.56 Å². The van der Waals surface area contributed by atoms with Crippen molar-refractivity contribution in [1.29, 1.82) is 0 Å². The molecule has 0 saturated carbocycles. The molecule has 0 unspecified atom stereocenters. The maximum atomic E-state index is 12.3. The first-order valence-corrected chi connectivity index (χ1v) is 6.86. The summed E-state index contributed by atoms with van der Waals surface area (Å²) in [6.45, 7) is 4.24. The van der Waals surface area contributed by atoms with Gasteiger partial charge in [0.15, 0.2) is 0 Å². The molecule has 0 aliphatic rings. The van der Waals surface area contributed by atoms with Gasteiger partial charge >= 0.3 is 11.8 Å². The van der Waals surface area contributed by atoms with E-state index in [-0.39, 0.29) is 0 Å². The number of carbonyl (C=O) groups excluding carboxylic acids is 2. The van der Waals surface area contributed by atoms with Gasteiger partial charge in [-0.3, -0.25) is 9.59 Å². The molecule has 0 atom stereocenters. The number of anilines is 2. The summed E-state index contributed by atoms with van der Waals surface area (Å²) in [5.74, 6) is -1.20. The summed E-state index contributed by atoms with van der Waals surface area (Å²) in [5.41, 5.74) is 2.42. The van der Waals surface area contributed by atoms with Gasteiger partial charge in [-0.1, -0.05) is 35.9 Å². The lowest BCUT2D eigenvalue weighted by Gasteiger charge is -2.20. The molecule has 21 heavy (non-hydrogen) atoms. The second kappa shape index (κ2) is 6.70. The van der Waals surface area contributed by atoms with E-state index in [4.69, 9.17) is 0 Å². The third kappa shape index (κ3) is 3.69. The van der Waals surface area contributed by atoms with Crippen molar-refractivity contribution in [2.45, 2.75) is 13.8 Å². The second-order valence-electron chi connectivity index (χ2n) is 4.71. The van der Waals surface area contributed by atoms with Gasteiger partial charge in [-0.15, -0.1) is 0 Å². The van der Waals surface area contributed by atoms with Crippen LogP contribution in [0.15, 0.2) is 54.6 Å². The number of amides is 2. The minimum absolute atomic E-state index is 0.435. The highest BCUT2D eigenvalue weighted by Gasteiger charge is 2.21. The lowest BCUT2D eigenvalue weighted by molar-refractivity contribution is -0.134. The Hall–Kier alpha value is -2.62. The number of para-hydroxylation sites is 1. The zero-order valence-electron chi connectivity index (χ0n) is 12.2. The van der Waals surface area contributed by atoms with Gasteiger partial charge in [-0.2, -0.15) is 0 Å². The molecule has 0 saturated heterocycles. The van der Waals surface area contributed by atoms with Crippen molar-refractivity contribution < 1.29 is 9.59 Å². The van der Waals surface area contributed by atoms with Crippen LogP contribution in [0.25, 0.3) is 0 Å². The number of benzene rings is 2. The molecule has 0 fully saturated rings. The normalized spacial score (nSPS) is 10.0. The van der Waals surface area contributed by atoms with Crippen LogP contribution >= 0.6 is 0 Å². The topological polar surface area (TPSA) is 49.4 Å². The minimum Gasteiger partial charge on any atom is -0.318 e. The Morgan fingerprint density at radius 3 is 2.19 bits per heavy atom. The first-order chi connectivity index (χ1) is 10.1. The SMILES string of the molecule is CCN(C(=O)C(=O)Nc1ccc(C)cc1)c1ccccc1. The molecular formula is C17H18N2O2. The number of hydrogen-bond donors (Lipinski definition) is 1. The predicted octanol–water partition coefficient (Wildman–Crippen LogP) is 2.99. The fourth-order valence-corrected chi connectivity index (χ4v) is 2.00. The summed E-state index contributed by atoms with van der Waals surface area (Å²) < 4.78 is 0. The molecule has 4 heteroatoms. The fraction of sp³-hybridized carbons (Fsp3) is 0.176. The molecule has 0 radical (unpaired) electrons. The van der Waals surface area contributed by atoms with Crippen LogP contribution in [0.3, 0.4) is 0 Å². The molecular weight excluding hydrogens is 264 g/mol. The van der Waals surface area contributed by atoms with Crippen molar-refractivity contribution in [3.63, 3.8) is 0 Å². The van der Waals surface area contributed by atoms with Crippen LogP contribution in [0.1, 0.15) is 12.5 Å². The highest BCUT2D eigenvalue weighted by molar-refractivity contribution is 6.44. The Kier molecular flexibility index (Phi) is 4.72. The Morgan fingerprint density at radius 1 is 1.00 bits per heavy atom. The van der Waals surface area contributed by atoms with Crippen LogP contribution < -0.4 is 10.2 Å². The first kappa shape index (κ1) is 14.8. The van der Waals surface area contributed by atoms with Crippen LogP contribution in [0.5, 0.6) is 0 Å². The average Bonchev–Trinajstić information content (AvgIpc) is 2.51. The largest absolute Gasteiger partial charge is 0.318 e. The van der Waals surface area contributed by atoms with Gasteiger partial charge in [0.05, 0.1) is 0 Å². The van der Waals surface area contributed by atoms with Crippen LogP contribution in [0.2, 0.25) is 0 Å². The Bertz CT molecular complexity index is 621. The number of likely N-dealkylation sites (N-methyl/N-ethyl adjacent to an activating group) is 1. The van der Waals surface area contributed by atoms with Crippen LogP contribution in [0.4, 0.5) is 11.4 Å². The number of carbonyl (C=O) groups is 2. The number of rotatable bonds is 3. The molecule has 0 aliphatic carbocycles. The van der Waals surface area contributed by atoms with Crippen LogP contribution in [-0.4, -0.2) is 18.4 Å². The van der Waals surface area contributed by atoms with E-state index in [1.54, 1.807) is 24.3 Å². The standard InChI is InChI=1S/C17H18N2O2/c1-3-19(15-7-5-4-6-8-15)17(21)16(20)18-14-11-9-13(2)10-12-14/h4-12H,3H2,1-2H3,(H,18,20). The molecule has 0 bridgehead atoms. The van der Waals surface area contributed by atoms with Crippen LogP contribution in [0, 0.1) is 6.92 Å². The maximum absolute atomic E-state index is 12.3. The van der Waals surface area contributed by atoms with E-state index in [1.165, 1.54) is 4.90 Å².